The Morgan fingerprint density at radius 3 is 2.74 bits per heavy atom. The van der Waals surface area contributed by atoms with E-state index >= 15 is 0 Å². The van der Waals surface area contributed by atoms with E-state index < -0.39 is 10.0 Å². The van der Waals surface area contributed by atoms with Crippen LogP contribution in [0.4, 0.5) is 0 Å². The number of aromatic amines is 1. The minimum atomic E-state index is -3.53. The van der Waals surface area contributed by atoms with Gasteiger partial charge in [-0.1, -0.05) is 32.0 Å². The van der Waals surface area contributed by atoms with E-state index in [9.17, 15) is 13.5 Å². The Morgan fingerprint density at radius 2 is 1.97 bits per heavy atom. The Morgan fingerprint density at radius 1 is 1.16 bits per heavy atom. The largest absolute Gasteiger partial charge is 0.395 e. The highest BCUT2D eigenvalue weighted by molar-refractivity contribution is 7.89. The summed E-state index contributed by atoms with van der Waals surface area (Å²) >= 11 is 0. The quantitative estimate of drug-likeness (QED) is 0.497. The Hall–Kier alpha value is -2.19. The van der Waals surface area contributed by atoms with Gasteiger partial charge in [-0.15, -0.1) is 0 Å². The van der Waals surface area contributed by atoms with Gasteiger partial charge in [0.15, 0.2) is 0 Å². The van der Waals surface area contributed by atoms with Crippen molar-refractivity contribution in [3.63, 3.8) is 0 Å². The van der Waals surface area contributed by atoms with Crippen LogP contribution in [0.3, 0.4) is 0 Å². The molecule has 1 aromatic heterocycles. The standard InChI is InChI=1S/C24H31N3O3S/c1-17(2)14-25-31(29,30)23-7-3-5-18(13-23)19-8-9-24-20(11-19)12-21(26-24)15-27-10-4-6-22(27)16-28/h3,5,7-9,11-13,17,22,25-26,28H,4,6,10,14-16H2,1-2H3/t22-/m1/s1. The van der Waals surface area contributed by atoms with Crippen molar-refractivity contribution in [1.29, 1.82) is 0 Å². The number of aromatic nitrogens is 1. The molecule has 1 aliphatic rings. The van der Waals surface area contributed by atoms with E-state index in [-0.39, 0.29) is 23.5 Å². The summed E-state index contributed by atoms with van der Waals surface area (Å²) in [5.41, 5.74) is 4.04. The summed E-state index contributed by atoms with van der Waals surface area (Å²) in [4.78, 5) is 6.09. The second kappa shape index (κ2) is 9.12. The molecule has 0 aliphatic carbocycles. The summed E-state index contributed by atoms with van der Waals surface area (Å²) in [6, 6.07) is 15.6. The van der Waals surface area contributed by atoms with Crippen molar-refractivity contribution in [2.45, 2.75) is 44.2 Å². The molecule has 3 N–H and O–H groups in total. The van der Waals surface area contributed by atoms with E-state index in [4.69, 9.17) is 0 Å². The molecule has 1 fully saturated rings. The van der Waals surface area contributed by atoms with Gasteiger partial charge in [0.2, 0.25) is 10.0 Å². The first-order chi connectivity index (χ1) is 14.9. The Labute approximate surface area is 184 Å². The second-order valence-electron chi connectivity index (χ2n) is 8.82. The molecule has 0 radical (unpaired) electrons. The van der Waals surface area contributed by atoms with Crippen molar-refractivity contribution in [2.75, 3.05) is 19.7 Å². The zero-order valence-electron chi connectivity index (χ0n) is 18.1. The highest BCUT2D eigenvalue weighted by Crippen LogP contribution is 2.28. The van der Waals surface area contributed by atoms with E-state index in [1.54, 1.807) is 18.2 Å². The van der Waals surface area contributed by atoms with E-state index in [0.29, 0.717) is 6.54 Å². The number of nitrogens with zero attached hydrogens (tertiary/aromatic N) is 1. The summed E-state index contributed by atoms with van der Waals surface area (Å²) in [6.07, 6.45) is 2.17. The van der Waals surface area contributed by atoms with Crippen LogP contribution in [0.2, 0.25) is 0 Å². The summed E-state index contributed by atoms with van der Waals surface area (Å²) in [7, 11) is -3.53. The summed E-state index contributed by atoms with van der Waals surface area (Å²) < 4.78 is 27.9. The summed E-state index contributed by atoms with van der Waals surface area (Å²) in [5, 5.41) is 10.7. The van der Waals surface area contributed by atoms with Crippen molar-refractivity contribution >= 4 is 20.9 Å². The normalized spacial score (nSPS) is 17.7. The molecular formula is C24H31N3O3S. The topological polar surface area (TPSA) is 85.4 Å². The fourth-order valence-corrected chi connectivity index (χ4v) is 5.45. The number of benzene rings is 2. The molecule has 4 rings (SSSR count). The summed E-state index contributed by atoms with van der Waals surface area (Å²) in [5.74, 6) is 0.247. The fraction of sp³-hybridized carbons (Fsp3) is 0.417. The molecule has 2 heterocycles. The lowest BCUT2D eigenvalue weighted by Crippen LogP contribution is -2.31. The van der Waals surface area contributed by atoms with Crippen molar-refractivity contribution in [3.8, 4) is 11.1 Å². The minimum Gasteiger partial charge on any atom is -0.395 e. The number of rotatable bonds is 8. The van der Waals surface area contributed by atoms with Crippen LogP contribution in [0.5, 0.6) is 0 Å². The highest BCUT2D eigenvalue weighted by Gasteiger charge is 2.24. The van der Waals surface area contributed by atoms with Crippen LogP contribution in [0.25, 0.3) is 22.0 Å². The maximum atomic E-state index is 12.6. The second-order valence-corrected chi connectivity index (χ2v) is 10.6. The van der Waals surface area contributed by atoms with Crippen LogP contribution in [0.15, 0.2) is 53.4 Å². The predicted octanol–water partition coefficient (Wildman–Crippen LogP) is 3.73. The monoisotopic (exact) mass is 441 g/mol. The van der Waals surface area contributed by atoms with Crippen LogP contribution in [0.1, 0.15) is 32.4 Å². The number of hydrogen-bond acceptors (Lipinski definition) is 4. The van der Waals surface area contributed by atoms with Gasteiger partial charge in [-0.25, -0.2) is 13.1 Å². The average molecular weight is 442 g/mol. The number of nitrogens with one attached hydrogen (secondary N) is 2. The van der Waals surface area contributed by atoms with E-state index in [0.717, 1.165) is 53.7 Å². The van der Waals surface area contributed by atoms with Gasteiger partial charge in [-0.3, -0.25) is 4.90 Å². The number of fused-ring (bicyclic) bond motifs is 1. The third-order valence-electron chi connectivity index (χ3n) is 5.92. The fourth-order valence-electron chi connectivity index (χ4n) is 4.19. The Kier molecular flexibility index (Phi) is 6.48. The average Bonchev–Trinajstić information content (AvgIpc) is 3.38. The van der Waals surface area contributed by atoms with Gasteiger partial charge < -0.3 is 10.1 Å². The van der Waals surface area contributed by atoms with E-state index in [1.165, 1.54) is 0 Å². The number of hydrogen-bond donors (Lipinski definition) is 3. The van der Waals surface area contributed by atoms with Crippen molar-refractivity contribution in [3.05, 3.63) is 54.2 Å². The smallest absolute Gasteiger partial charge is 0.240 e. The van der Waals surface area contributed by atoms with Crippen LogP contribution >= 0.6 is 0 Å². The van der Waals surface area contributed by atoms with Gasteiger partial charge in [0.25, 0.3) is 0 Å². The molecule has 1 saturated heterocycles. The van der Waals surface area contributed by atoms with Crippen molar-refractivity contribution in [2.24, 2.45) is 5.92 Å². The Bertz CT molecular complexity index is 1150. The number of aliphatic hydroxyl groups is 1. The molecular weight excluding hydrogens is 410 g/mol. The van der Waals surface area contributed by atoms with Crippen molar-refractivity contribution in [1.82, 2.24) is 14.6 Å². The third-order valence-corrected chi connectivity index (χ3v) is 7.34. The molecule has 1 aliphatic heterocycles. The molecule has 7 heteroatoms. The molecule has 6 nitrogen and oxygen atoms in total. The predicted molar refractivity (Wildman–Crippen MR) is 124 cm³/mol. The highest BCUT2D eigenvalue weighted by atomic mass is 32.2. The lowest BCUT2D eigenvalue weighted by atomic mass is 10.0. The number of likely N-dealkylation sites (tertiary alicyclic amines) is 1. The zero-order chi connectivity index (χ0) is 22.0. The molecule has 31 heavy (non-hydrogen) atoms. The van der Waals surface area contributed by atoms with E-state index in [2.05, 4.69) is 26.7 Å². The van der Waals surface area contributed by atoms with Gasteiger partial charge in [-0.05, 0) is 66.8 Å². The maximum absolute atomic E-state index is 12.6. The summed E-state index contributed by atoms with van der Waals surface area (Å²) in [6.45, 7) is 6.39. The molecule has 0 spiro atoms. The molecule has 1 atom stereocenters. The van der Waals surface area contributed by atoms with Crippen LogP contribution < -0.4 is 4.72 Å². The minimum absolute atomic E-state index is 0.204. The van der Waals surface area contributed by atoms with Gasteiger partial charge in [0.05, 0.1) is 11.5 Å². The Balaban J connectivity index is 1.57. The van der Waals surface area contributed by atoms with Gasteiger partial charge in [0.1, 0.15) is 0 Å². The first-order valence-electron chi connectivity index (χ1n) is 10.9. The molecule has 3 aromatic rings. The molecule has 166 valence electrons. The zero-order valence-corrected chi connectivity index (χ0v) is 19.0. The molecule has 0 saturated carbocycles. The van der Waals surface area contributed by atoms with Crippen LogP contribution in [-0.2, 0) is 16.6 Å². The van der Waals surface area contributed by atoms with Crippen LogP contribution in [0, 0.1) is 5.92 Å². The lowest BCUT2D eigenvalue weighted by Gasteiger charge is -2.21. The molecule has 2 aromatic carbocycles. The van der Waals surface area contributed by atoms with Gasteiger partial charge >= 0.3 is 0 Å². The number of H-pyrrole nitrogens is 1. The molecule has 0 unspecified atom stereocenters. The van der Waals surface area contributed by atoms with Gasteiger partial charge in [-0.2, -0.15) is 0 Å². The number of sulfonamides is 1. The third kappa shape index (κ3) is 5.01. The lowest BCUT2D eigenvalue weighted by molar-refractivity contribution is 0.152. The van der Waals surface area contributed by atoms with Crippen molar-refractivity contribution < 1.29 is 13.5 Å². The van der Waals surface area contributed by atoms with E-state index in [1.807, 2.05) is 32.0 Å². The number of aliphatic hydroxyl groups excluding tert-OH is 1. The SMILES string of the molecule is CC(C)CNS(=O)(=O)c1cccc(-c2ccc3[nH]c(CN4CCC[C@@H]4CO)cc3c2)c1. The van der Waals surface area contributed by atoms with Gasteiger partial charge in [0, 0.05) is 35.7 Å². The molecule has 0 bridgehead atoms. The first-order valence-corrected chi connectivity index (χ1v) is 12.4. The maximum Gasteiger partial charge on any atom is 0.240 e. The first kappa shape index (κ1) is 22.0. The molecule has 0 amide bonds. The van der Waals surface area contributed by atoms with Crippen LogP contribution in [-0.4, -0.2) is 49.1 Å².